The Hall–Kier alpha value is -3.49. The zero-order valence-corrected chi connectivity index (χ0v) is 22.1. The molecule has 4 aromatic rings. The fourth-order valence-electron chi connectivity index (χ4n) is 3.84. The normalized spacial score (nSPS) is 11.7. The fourth-order valence-corrected chi connectivity index (χ4v) is 4.91. The molecule has 1 heterocycles. The van der Waals surface area contributed by atoms with Gasteiger partial charge in [0.1, 0.15) is 17.1 Å². The van der Waals surface area contributed by atoms with Gasteiger partial charge in [-0.25, -0.2) is 0 Å². The molecule has 0 fully saturated rings. The highest BCUT2D eigenvalue weighted by atomic mass is 35.5. The number of ether oxygens (including phenoxy) is 2. The van der Waals surface area contributed by atoms with Crippen molar-refractivity contribution in [3.05, 3.63) is 94.3 Å². The molecule has 0 spiro atoms. The van der Waals surface area contributed by atoms with Crippen LogP contribution < -0.4 is 14.8 Å². The predicted octanol–water partition coefficient (Wildman–Crippen LogP) is 6.03. The number of aromatic nitrogens is 3. The van der Waals surface area contributed by atoms with Gasteiger partial charge in [-0.2, -0.15) is 0 Å². The summed E-state index contributed by atoms with van der Waals surface area (Å²) in [6, 6.07) is 20.6. The van der Waals surface area contributed by atoms with Gasteiger partial charge < -0.3 is 14.8 Å². The van der Waals surface area contributed by atoms with Crippen molar-refractivity contribution >= 4 is 29.3 Å². The van der Waals surface area contributed by atoms with Gasteiger partial charge in [-0.15, -0.1) is 10.2 Å². The number of carbonyl (C=O) groups is 1. The van der Waals surface area contributed by atoms with Gasteiger partial charge in [0.15, 0.2) is 11.0 Å². The second-order valence-electron chi connectivity index (χ2n) is 8.11. The van der Waals surface area contributed by atoms with Gasteiger partial charge in [0.05, 0.1) is 25.9 Å². The molecule has 1 unspecified atom stereocenters. The molecule has 1 amide bonds. The van der Waals surface area contributed by atoms with Gasteiger partial charge >= 0.3 is 0 Å². The number of rotatable bonds is 9. The number of thioether (sulfide) groups is 1. The summed E-state index contributed by atoms with van der Waals surface area (Å²) < 4.78 is 12.8. The van der Waals surface area contributed by atoms with Crippen LogP contribution in [0, 0.1) is 6.92 Å². The van der Waals surface area contributed by atoms with Crippen molar-refractivity contribution < 1.29 is 14.3 Å². The average molecular weight is 523 g/mol. The van der Waals surface area contributed by atoms with E-state index >= 15 is 0 Å². The number of nitrogens with one attached hydrogen (secondary N) is 1. The summed E-state index contributed by atoms with van der Waals surface area (Å²) in [5.74, 6) is 1.80. The smallest absolute Gasteiger partial charge is 0.259 e. The first-order valence-electron chi connectivity index (χ1n) is 11.3. The van der Waals surface area contributed by atoms with Crippen LogP contribution in [0.2, 0.25) is 5.02 Å². The van der Waals surface area contributed by atoms with Crippen molar-refractivity contribution in [2.24, 2.45) is 0 Å². The van der Waals surface area contributed by atoms with E-state index in [4.69, 9.17) is 21.1 Å². The van der Waals surface area contributed by atoms with Crippen LogP contribution in [0.5, 0.6) is 11.5 Å². The van der Waals surface area contributed by atoms with E-state index in [9.17, 15) is 4.79 Å². The number of benzene rings is 3. The highest BCUT2D eigenvalue weighted by Crippen LogP contribution is 2.32. The maximum absolute atomic E-state index is 13.3. The summed E-state index contributed by atoms with van der Waals surface area (Å²) in [5, 5.41) is 13.3. The van der Waals surface area contributed by atoms with E-state index in [-0.39, 0.29) is 5.91 Å². The number of aryl methyl sites for hydroxylation is 1. The van der Waals surface area contributed by atoms with Crippen LogP contribution in [0.15, 0.2) is 71.9 Å². The van der Waals surface area contributed by atoms with Crippen molar-refractivity contribution in [3.8, 4) is 17.2 Å². The fraction of sp³-hybridized carbons (Fsp3) is 0.222. The lowest BCUT2D eigenvalue weighted by molar-refractivity contribution is 0.0931. The van der Waals surface area contributed by atoms with E-state index in [1.165, 1.54) is 19.8 Å². The van der Waals surface area contributed by atoms with E-state index < -0.39 is 6.04 Å². The monoisotopic (exact) mass is 522 g/mol. The highest BCUT2D eigenvalue weighted by molar-refractivity contribution is 7.98. The van der Waals surface area contributed by atoms with E-state index in [1.54, 1.807) is 30.0 Å². The number of hydrogen-bond donors (Lipinski definition) is 1. The Labute approximate surface area is 219 Å². The Kier molecular flexibility index (Phi) is 8.18. The molecule has 3 aromatic carbocycles. The van der Waals surface area contributed by atoms with Gasteiger partial charge in [-0.3, -0.25) is 9.36 Å². The first-order chi connectivity index (χ1) is 17.4. The summed E-state index contributed by atoms with van der Waals surface area (Å²) in [6.45, 7) is 3.87. The Morgan fingerprint density at radius 1 is 1.03 bits per heavy atom. The van der Waals surface area contributed by atoms with Crippen molar-refractivity contribution in [1.82, 2.24) is 20.1 Å². The summed E-state index contributed by atoms with van der Waals surface area (Å²) in [5.41, 5.74) is 3.35. The SMILES string of the molecule is COc1cccc(OC)c1C(=O)NC(C)c1nnc(SCc2ccccc2)n1-c1cc(Cl)ccc1C. The van der Waals surface area contributed by atoms with Crippen LogP contribution in [-0.4, -0.2) is 34.9 Å². The van der Waals surface area contributed by atoms with E-state index in [1.807, 2.05) is 54.8 Å². The van der Waals surface area contributed by atoms with Crippen LogP contribution in [-0.2, 0) is 5.75 Å². The Morgan fingerprint density at radius 3 is 2.39 bits per heavy atom. The van der Waals surface area contributed by atoms with Gasteiger partial charge in [0.2, 0.25) is 0 Å². The molecule has 0 aliphatic rings. The Bertz CT molecular complexity index is 1340. The number of hydrogen-bond acceptors (Lipinski definition) is 6. The molecule has 0 aliphatic carbocycles. The summed E-state index contributed by atoms with van der Waals surface area (Å²) in [6.07, 6.45) is 0. The molecule has 186 valence electrons. The average Bonchev–Trinajstić information content (AvgIpc) is 3.32. The van der Waals surface area contributed by atoms with Gasteiger partial charge in [0, 0.05) is 10.8 Å². The first-order valence-corrected chi connectivity index (χ1v) is 12.7. The zero-order valence-electron chi connectivity index (χ0n) is 20.5. The second kappa shape index (κ2) is 11.5. The molecule has 7 nitrogen and oxygen atoms in total. The lowest BCUT2D eigenvalue weighted by Gasteiger charge is -2.19. The van der Waals surface area contributed by atoms with Crippen LogP contribution >= 0.6 is 23.4 Å². The summed E-state index contributed by atoms with van der Waals surface area (Å²) in [7, 11) is 3.04. The molecule has 9 heteroatoms. The molecule has 0 saturated carbocycles. The standard InChI is InChI=1S/C27H27ClN4O3S/c1-17-13-14-20(28)15-21(17)32-25(30-31-27(32)36-16-19-9-6-5-7-10-19)18(2)29-26(33)24-22(34-3)11-8-12-23(24)35-4/h5-15,18H,16H2,1-4H3,(H,29,33). The minimum atomic E-state index is -0.482. The van der Waals surface area contributed by atoms with Crippen LogP contribution in [0.3, 0.4) is 0 Å². The molecule has 0 aliphatic heterocycles. The van der Waals surface area contributed by atoms with Crippen LogP contribution in [0.1, 0.15) is 40.3 Å². The third-order valence-corrected chi connectivity index (χ3v) is 6.91. The van der Waals surface area contributed by atoms with Crippen molar-refractivity contribution in [2.45, 2.75) is 30.8 Å². The molecule has 0 radical (unpaired) electrons. The van der Waals surface area contributed by atoms with E-state index in [2.05, 4.69) is 27.6 Å². The van der Waals surface area contributed by atoms with Crippen LogP contribution in [0.25, 0.3) is 5.69 Å². The summed E-state index contributed by atoms with van der Waals surface area (Å²) >= 11 is 7.93. The minimum absolute atomic E-state index is 0.318. The van der Waals surface area contributed by atoms with Gasteiger partial charge in [-0.05, 0) is 49.2 Å². The molecular formula is C27H27ClN4O3S. The maximum Gasteiger partial charge on any atom is 0.259 e. The van der Waals surface area contributed by atoms with Crippen LogP contribution in [0.4, 0.5) is 0 Å². The first kappa shape index (κ1) is 25.6. The lowest BCUT2D eigenvalue weighted by Crippen LogP contribution is -2.29. The van der Waals surface area contributed by atoms with Crippen molar-refractivity contribution in [2.75, 3.05) is 14.2 Å². The van der Waals surface area contributed by atoms with Gasteiger partial charge in [-0.1, -0.05) is 65.8 Å². The molecule has 36 heavy (non-hydrogen) atoms. The highest BCUT2D eigenvalue weighted by Gasteiger charge is 2.25. The molecule has 1 aromatic heterocycles. The number of amides is 1. The minimum Gasteiger partial charge on any atom is -0.496 e. The topological polar surface area (TPSA) is 78.3 Å². The zero-order chi connectivity index (χ0) is 25.7. The number of halogens is 1. The maximum atomic E-state index is 13.3. The number of nitrogens with zero attached hydrogens (tertiary/aromatic N) is 3. The van der Waals surface area contributed by atoms with Crippen molar-refractivity contribution in [1.29, 1.82) is 0 Å². The molecule has 0 saturated heterocycles. The lowest BCUT2D eigenvalue weighted by atomic mass is 10.1. The third-order valence-electron chi connectivity index (χ3n) is 5.67. The third kappa shape index (κ3) is 5.50. The number of carbonyl (C=O) groups excluding carboxylic acids is 1. The van der Waals surface area contributed by atoms with Gasteiger partial charge in [0.25, 0.3) is 5.91 Å². The molecule has 1 atom stereocenters. The largest absolute Gasteiger partial charge is 0.496 e. The molecule has 0 bridgehead atoms. The van der Waals surface area contributed by atoms with E-state index in [0.717, 1.165) is 17.0 Å². The quantitative estimate of drug-likeness (QED) is 0.270. The molecule has 4 rings (SSSR count). The molecular weight excluding hydrogens is 496 g/mol. The number of methoxy groups -OCH3 is 2. The molecule has 1 N–H and O–H groups in total. The van der Waals surface area contributed by atoms with E-state index in [0.29, 0.717) is 33.1 Å². The predicted molar refractivity (Wildman–Crippen MR) is 143 cm³/mol. The Balaban J connectivity index is 1.70. The Morgan fingerprint density at radius 2 is 1.72 bits per heavy atom. The second-order valence-corrected chi connectivity index (χ2v) is 9.49. The van der Waals surface area contributed by atoms with Crippen molar-refractivity contribution in [3.63, 3.8) is 0 Å². The summed E-state index contributed by atoms with van der Waals surface area (Å²) in [4.78, 5) is 13.3.